The molecule has 0 unspecified atom stereocenters. The molecule has 0 N–H and O–H groups in total. The average Bonchev–Trinajstić information content (AvgIpc) is 2.25. The van der Waals surface area contributed by atoms with Crippen molar-refractivity contribution in [3.8, 4) is 5.75 Å². The lowest BCUT2D eigenvalue weighted by molar-refractivity contribution is -0.140. The minimum atomic E-state index is -0.211. The summed E-state index contributed by atoms with van der Waals surface area (Å²) in [4.78, 5) is 11.1. The number of carbonyl (C=O) groups is 1. The number of halogens is 2. The van der Waals surface area contributed by atoms with E-state index in [1.165, 1.54) is 7.11 Å². The molecule has 88 valence electrons. The van der Waals surface area contributed by atoms with Crippen LogP contribution in [-0.2, 0) is 16.0 Å². The highest BCUT2D eigenvalue weighted by molar-refractivity contribution is 14.1. The summed E-state index contributed by atoms with van der Waals surface area (Å²) in [5, 5.41) is 0. The predicted molar refractivity (Wildman–Crippen MR) is 73.7 cm³/mol. The van der Waals surface area contributed by atoms with Gasteiger partial charge in [-0.2, -0.15) is 0 Å². The first-order valence-corrected chi connectivity index (χ1v) is 6.54. The van der Waals surface area contributed by atoms with Crippen molar-refractivity contribution in [2.24, 2.45) is 0 Å². The monoisotopic (exact) mass is 398 g/mol. The molecule has 0 spiro atoms. The van der Waals surface area contributed by atoms with Crippen molar-refractivity contribution in [3.05, 3.63) is 25.7 Å². The quantitative estimate of drug-likeness (QED) is 0.577. The van der Waals surface area contributed by atoms with E-state index in [0.29, 0.717) is 12.8 Å². The normalized spacial score (nSPS) is 10.0. The van der Waals surface area contributed by atoms with Crippen LogP contribution in [0, 0.1) is 3.57 Å². The van der Waals surface area contributed by atoms with Crippen LogP contribution in [0.3, 0.4) is 0 Å². The van der Waals surface area contributed by atoms with Crippen molar-refractivity contribution in [2.75, 3.05) is 14.2 Å². The maximum absolute atomic E-state index is 11.1. The maximum atomic E-state index is 11.1. The molecule has 0 aliphatic rings. The molecule has 0 saturated carbocycles. The van der Waals surface area contributed by atoms with Gasteiger partial charge in [-0.15, -0.1) is 0 Å². The smallest absolute Gasteiger partial charge is 0.305 e. The highest BCUT2D eigenvalue weighted by Crippen LogP contribution is 2.30. The van der Waals surface area contributed by atoms with Crippen LogP contribution in [-0.4, -0.2) is 20.2 Å². The van der Waals surface area contributed by atoms with Crippen LogP contribution in [0.15, 0.2) is 16.6 Å². The van der Waals surface area contributed by atoms with E-state index < -0.39 is 0 Å². The van der Waals surface area contributed by atoms with Crippen LogP contribution in [0.2, 0.25) is 0 Å². The van der Waals surface area contributed by atoms with Crippen molar-refractivity contribution in [2.45, 2.75) is 12.8 Å². The summed E-state index contributed by atoms with van der Waals surface area (Å²) in [6.07, 6.45) is 0.977. The Hall–Kier alpha value is -0.300. The average molecular weight is 399 g/mol. The Bertz CT molecular complexity index is 393. The number of aryl methyl sites for hydroxylation is 1. The summed E-state index contributed by atoms with van der Waals surface area (Å²) in [6, 6.07) is 3.94. The zero-order valence-corrected chi connectivity index (χ0v) is 12.8. The number of methoxy groups -OCH3 is 2. The Labute approximate surface area is 117 Å². The Morgan fingerprint density at radius 1 is 1.44 bits per heavy atom. The zero-order valence-electron chi connectivity index (χ0n) is 9.05. The highest BCUT2D eigenvalue weighted by atomic mass is 127. The molecule has 3 nitrogen and oxygen atoms in total. The second-order valence-electron chi connectivity index (χ2n) is 3.16. The zero-order chi connectivity index (χ0) is 12.1. The van der Waals surface area contributed by atoms with Gasteiger partial charge in [-0.1, -0.05) is 15.9 Å². The molecule has 0 radical (unpaired) electrons. The van der Waals surface area contributed by atoms with Crippen LogP contribution in [0.1, 0.15) is 12.0 Å². The molecule has 0 bridgehead atoms. The Morgan fingerprint density at radius 2 is 2.12 bits per heavy atom. The molecular weight excluding hydrogens is 387 g/mol. The number of esters is 1. The lowest BCUT2D eigenvalue weighted by atomic mass is 10.1. The van der Waals surface area contributed by atoms with E-state index in [4.69, 9.17) is 4.74 Å². The summed E-state index contributed by atoms with van der Waals surface area (Å²) >= 11 is 5.63. The van der Waals surface area contributed by atoms with E-state index in [2.05, 4.69) is 43.3 Å². The molecule has 0 aliphatic heterocycles. The molecular formula is C11H12BrIO3. The molecule has 5 heteroatoms. The number of hydrogen-bond acceptors (Lipinski definition) is 3. The van der Waals surface area contributed by atoms with E-state index in [9.17, 15) is 4.79 Å². The fourth-order valence-corrected chi connectivity index (χ4v) is 3.20. The molecule has 1 aromatic rings. The van der Waals surface area contributed by atoms with Crippen LogP contribution < -0.4 is 4.74 Å². The van der Waals surface area contributed by atoms with Gasteiger partial charge in [0.15, 0.2) is 0 Å². The van der Waals surface area contributed by atoms with Gasteiger partial charge in [-0.25, -0.2) is 0 Å². The van der Waals surface area contributed by atoms with Gasteiger partial charge >= 0.3 is 5.97 Å². The second-order valence-corrected chi connectivity index (χ2v) is 5.23. The van der Waals surface area contributed by atoms with Gasteiger partial charge in [0, 0.05) is 10.9 Å². The van der Waals surface area contributed by atoms with Crippen molar-refractivity contribution in [3.63, 3.8) is 0 Å². The van der Waals surface area contributed by atoms with Crippen molar-refractivity contribution < 1.29 is 14.3 Å². The SMILES string of the molecule is COC(=O)CCc1cc(Br)cc(I)c1OC. The van der Waals surface area contributed by atoms with E-state index >= 15 is 0 Å². The van der Waals surface area contributed by atoms with Crippen molar-refractivity contribution in [1.82, 2.24) is 0 Å². The van der Waals surface area contributed by atoms with Crippen LogP contribution >= 0.6 is 38.5 Å². The van der Waals surface area contributed by atoms with Gasteiger partial charge in [0.2, 0.25) is 0 Å². The third-order valence-electron chi connectivity index (χ3n) is 2.12. The second kappa shape index (κ2) is 6.44. The van der Waals surface area contributed by atoms with Crippen LogP contribution in [0.4, 0.5) is 0 Å². The fourth-order valence-electron chi connectivity index (χ4n) is 1.37. The minimum absolute atomic E-state index is 0.211. The molecule has 0 fully saturated rings. The molecule has 0 aliphatic carbocycles. The Kier molecular flexibility index (Phi) is 5.54. The first-order valence-electron chi connectivity index (χ1n) is 4.67. The van der Waals surface area contributed by atoms with Gasteiger partial charge in [0.1, 0.15) is 5.75 Å². The van der Waals surface area contributed by atoms with E-state index in [-0.39, 0.29) is 5.97 Å². The fraction of sp³-hybridized carbons (Fsp3) is 0.364. The molecule has 1 rings (SSSR count). The molecule has 0 saturated heterocycles. The van der Waals surface area contributed by atoms with Gasteiger partial charge in [0.05, 0.1) is 17.8 Å². The number of ether oxygens (including phenoxy) is 2. The lowest BCUT2D eigenvalue weighted by Crippen LogP contribution is -2.03. The largest absolute Gasteiger partial charge is 0.495 e. The number of hydrogen-bond donors (Lipinski definition) is 0. The Morgan fingerprint density at radius 3 is 2.69 bits per heavy atom. The topological polar surface area (TPSA) is 35.5 Å². The molecule has 1 aromatic carbocycles. The highest BCUT2D eigenvalue weighted by Gasteiger charge is 2.11. The Balaban J connectivity index is 2.89. The van der Waals surface area contributed by atoms with Crippen LogP contribution in [0.25, 0.3) is 0 Å². The minimum Gasteiger partial charge on any atom is -0.495 e. The molecule has 0 heterocycles. The molecule has 0 aromatic heterocycles. The van der Waals surface area contributed by atoms with Gasteiger partial charge < -0.3 is 9.47 Å². The number of rotatable bonds is 4. The van der Waals surface area contributed by atoms with Gasteiger partial charge in [-0.05, 0) is 46.7 Å². The third kappa shape index (κ3) is 3.62. The van der Waals surface area contributed by atoms with Crippen molar-refractivity contribution in [1.29, 1.82) is 0 Å². The first kappa shape index (κ1) is 13.8. The first-order chi connectivity index (χ1) is 7.58. The van der Waals surface area contributed by atoms with E-state index in [0.717, 1.165) is 19.4 Å². The number of carbonyl (C=O) groups excluding carboxylic acids is 1. The summed E-state index contributed by atoms with van der Waals surface area (Å²) in [5.41, 5.74) is 1.01. The lowest BCUT2D eigenvalue weighted by Gasteiger charge is -2.10. The number of benzene rings is 1. The standard InChI is InChI=1S/C11H12BrIO3/c1-15-10(14)4-3-7-5-8(12)6-9(13)11(7)16-2/h5-6H,3-4H2,1-2H3. The van der Waals surface area contributed by atoms with E-state index in [1.54, 1.807) is 7.11 Å². The van der Waals surface area contributed by atoms with Crippen LogP contribution in [0.5, 0.6) is 5.75 Å². The predicted octanol–water partition coefficient (Wildman–Crippen LogP) is 3.17. The summed E-state index contributed by atoms with van der Waals surface area (Å²) in [7, 11) is 3.03. The third-order valence-corrected chi connectivity index (χ3v) is 3.37. The summed E-state index contributed by atoms with van der Waals surface area (Å²) in [5.74, 6) is 0.615. The van der Waals surface area contributed by atoms with E-state index in [1.807, 2.05) is 12.1 Å². The van der Waals surface area contributed by atoms with Gasteiger partial charge in [-0.3, -0.25) is 4.79 Å². The maximum Gasteiger partial charge on any atom is 0.305 e. The molecule has 0 amide bonds. The van der Waals surface area contributed by atoms with Gasteiger partial charge in [0.25, 0.3) is 0 Å². The molecule has 0 atom stereocenters. The summed E-state index contributed by atoms with van der Waals surface area (Å²) < 4.78 is 11.9. The summed E-state index contributed by atoms with van der Waals surface area (Å²) in [6.45, 7) is 0. The molecule has 16 heavy (non-hydrogen) atoms. The van der Waals surface area contributed by atoms with Crippen molar-refractivity contribution >= 4 is 44.5 Å².